The normalized spacial score (nSPS) is 16.5. The number of carbonyl (C=O) groups is 1. The van der Waals surface area contributed by atoms with Crippen LogP contribution in [-0.4, -0.2) is 60.6 Å². The standard InChI is InChI=1S/C11H17N3O2S2/c1-16-10(15)9-8-18-11(13-9)12-2-3-14-4-6-17-7-5-14/h8H,2-7H2,1H3,(H,12,13). The topological polar surface area (TPSA) is 54.5 Å². The lowest BCUT2D eigenvalue weighted by molar-refractivity contribution is 0.0595. The van der Waals surface area contributed by atoms with Crippen LogP contribution in [0.15, 0.2) is 5.38 Å². The van der Waals surface area contributed by atoms with E-state index < -0.39 is 0 Å². The quantitative estimate of drug-likeness (QED) is 0.826. The molecule has 0 saturated carbocycles. The highest BCUT2D eigenvalue weighted by Crippen LogP contribution is 2.16. The number of methoxy groups -OCH3 is 1. The Kier molecular flexibility index (Phi) is 5.27. The minimum Gasteiger partial charge on any atom is -0.464 e. The summed E-state index contributed by atoms with van der Waals surface area (Å²) in [5.74, 6) is 2.07. The molecule has 100 valence electrons. The van der Waals surface area contributed by atoms with Gasteiger partial charge in [-0.25, -0.2) is 9.78 Å². The van der Waals surface area contributed by atoms with Gasteiger partial charge in [0.15, 0.2) is 10.8 Å². The van der Waals surface area contributed by atoms with Crippen LogP contribution in [-0.2, 0) is 4.74 Å². The van der Waals surface area contributed by atoms with E-state index in [2.05, 4.69) is 19.9 Å². The molecule has 1 aliphatic rings. The van der Waals surface area contributed by atoms with Gasteiger partial charge in [0.05, 0.1) is 7.11 Å². The Bertz CT molecular complexity index is 391. The molecule has 0 unspecified atom stereocenters. The molecule has 1 aromatic rings. The summed E-state index contributed by atoms with van der Waals surface area (Å²) in [7, 11) is 1.36. The summed E-state index contributed by atoms with van der Waals surface area (Å²) in [4.78, 5) is 17.8. The number of hydrogen-bond donors (Lipinski definition) is 1. The molecule has 1 aromatic heterocycles. The SMILES string of the molecule is COC(=O)c1csc(NCCN2CCSCC2)n1. The molecule has 7 heteroatoms. The van der Waals surface area contributed by atoms with E-state index >= 15 is 0 Å². The lowest BCUT2D eigenvalue weighted by Crippen LogP contribution is -2.36. The van der Waals surface area contributed by atoms with E-state index in [4.69, 9.17) is 0 Å². The molecular weight excluding hydrogens is 270 g/mol. The van der Waals surface area contributed by atoms with Crippen molar-refractivity contribution in [3.8, 4) is 0 Å². The molecule has 2 rings (SSSR count). The molecule has 0 spiro atoms. The van der Waals surface area contributed by atoms with Crippen LogP contribution in [0.3, 0.4) is 0 Å². The highest BCUT2D eigenvalue weighted by Gasteiger charge is 2.12. The Labute approximate surface area is 115 Å². The Balaban J connectivity index is 1.72. The van der Waals surface area contributed by atoms with Gasteiger partial charge in [0.25, 0.3) is 0 Å². The molecule has 0 radical (unpaired) electrons. The number of ether oxygens (including phenoxy) is 1. The van der Waals surface area contributed by atoms with E-state index in [1.165, 1.54) is 30.0 Å². The maximum absolute atomic E-state index is 11.2. The fraction of sp³-hybridized carbons (Fsp3) is 0.636. The van der Waals surface area contributed by atoms with E-state index in [0.29, 0.717) is 5.69 Å². The second kappa shape index (κ2) is 6.96. The fourth-order valence-electron chi connectivity index (χ4n) is 1.70. The van der Waals surface area contributed by atoms with Gasteiger partial charge in [-0.1, -0.05) is 0 Å². The highest BCUT2D eigenvalue weighted by molar-refractivity contribution is 7.99. The lowest BCUT2D eigenvalue weighted by atomic mass is 10.4. The fourth-order valence-corrected chi connectivity index (χ4v) is 3.39. The van der Waals surface area contributed by atoms with Crippen LogP contribution in [0.5, 0.6) is 0 Å². The van der Waals surface area contributed by atoms with Gasteiger partial charge in [-0.3, -0.25) is 4.90 Å². The van der Waals surface area contributed by atoms with Gasteiger partial charge >= 0.3 is 5.97 Å². The lowest BCUT2D eigenvalue weighted by Gasteiger charge is -2.25. The van der Waals surface area contributed by atoms with Crippen LogP contribution in [0.2, 0.25) is 0 Å². The van der Waals surface area contributed by atoms with E-state index in [1.54, 1.807) is 5.38 Å². The average molecular weight is 287 g/mol. The van der Waals surface area contributed by atoms with E-state index in [0.717, 1.165) is 31.3 Å². The average Bonchev–Trinajstić information content (AvgIpc) is 2.88. The Hall–Kier alpha value is -0.790. The van der Waals surface area contributed by atoms with Crippen molar-refractivity contribution in [1.29, 1.82) is 0 Å². The molecule has 2 heterocycles. The first-order valence-electron chi connectivity index (χ1n) is 5.87. The van der Waals surface area contributed by atoms with Crippen molar-refractivity contribution in [2.24, 2.45) is 0 Å². The van der Waals surface area contributed by atoms with Crippen molar-refractivity contribution in [3.63, 3.8) is 0 Å². The molecule has 0 atom stereocenters. The summed E-state index contributed by atoms with van der Waals surface area (Å²) in [5.41, 5.74) is 0.374. The van der Waals surface area contributed by atoms with E-state index in [-0.39, 0.29) is 5.97 Å². The van der Waals surface area contributed by atoms with Crippen molar-refractivity contribution >= 4 is 34.2 Å². The van der Waals surface area contributed by atoms with Gasteiger partial charge in [0.1, 0.15) is 0 Å². The maximum Gasteiger partial charge on any atom is 0.357 e. The van der Waals surface area contributed by atoms with Crippen LogP contribution < -0.4 is 5.32 Å². The van der Waals surface area contributed by atoms with Crippen molar-refractivity contribution < 1.29 is 9.53 Å². The number of thioether (sulfide) groups is 1. The third-order valence-electron chi connectivity index (χ3n) is 2.71. The van der Waals surface area contributed by atoms with Crippen LogP contribution >= 0.6 is 23.1 Å². The summed E-state index contributed by atoms with van der Waals surface area (Å²) in [5, 5.41) is 5.74. The molecule has 1 aliphatic heterocycles. The maximum atomic E-state index is 11.2. The van der Waals surface area contributed by atoms with Crippen molar-refractivity contribution in [1.82, 2.24) is 9.88 Å². The van der Waals surface area contributed by atoms with Crippen molar-refractivity contribution in [2.75, 3.05) is 50.1 Å². The zero-order chi connectivity index (χ0) is 12.8. The minimum absolute atomic E-state index is 0.374. The molecule has 0 aromatic carbocycles. The Morgan fingerprint density at radius 2 is 2.33 bits per heavy atom. The van der Waals surface area contributed by atoms with E-state index in [9.17, 15) is 4.79 Å². The third kappa shape index (κ3) is 3.86. The molecule has 5 nitrogen and oxygen atoms in total. The summed E-state index contributed by atoms with van der Waals surface area (Å²) >= 11 is 3.45. The summed E-state index contributed by atoms with van der Waals surface area (Å²) in [6.45, 7) is 4.21. The highest BCUT2D eigenvalue weighted by atomic mass is 32.2. The Morgan fingerprint density at radius 1 is 1.56 bits per heavy atom. The van der Waals surface area contributed by atoms with Crippen molar-refractivity contribution in [3.05, 3.63) is 11.1 Å². The number of thiazole rings is 1. The van der Waals surface area contributed by atoms with Crippen LogP contribution in [0.25, 0.3) is 0 Å². The monoisotopic (exact) mass is 287 g/mol. The Morgan fingerprint density at radius 3 is 3.06 bits per heavy atom. The minimum atomic E-state index is -0.382. The number of hydrogen-bond acceptors (Lipinski definition) is 7. The van der Waals surface area contributed by atoms with Crippen molar-refractivity contribution in [2.45, 2.75) is 0 Å². The van der Waals surface area contributed by atoms with Crippen LogP contribution in [0.1, 0.15) is 10.5 Å². The molecular formula is C11H17N3O2S2. The van der Waals surface area contributed by atoms with Gasteiger partial charge in [-0.15, -0.1) is 11.3 Å². The smallest absolute Gasteiger partial charge is 0.357 e. The zero-order valence-electron chi connectivity index (χ0n) is 10.3. The van der Waals surface area contributed by atoms with Gasteiger partial charge in [-0.05, 0) is 0 Å². The predicted octanol–water partition coefficient (Wildman–Crippen LogP) is 1.39. The third-order valence-corrected chi connectivity index (χ3v) is 4.45. The molecule has 1 N–H and O–H groups in total. The molecule has 18 heavy (non-hydrogen) atoms. The van der Waals surface area contributed by atoms with Crippen LogP contribution in [0.4, 0.5) is 5.13 Å². The van der Waals surface area contributed by atoms with Gasteiger partial charge in [0.2, 0.25) is 0 Å². The summed E-state index contributed by atoms with van der Waals surface area (Å²) in [6, 6.07) is 0. The number of nitrogens with zero attached hydrogens (tertiary/aromatic N) is 2. The van der Waals surface area contributed by atoms with Crippen LogP contribution in [0, 0.1) is 0 Å². The summed E-state index contributed by atoms with van der Waals surface area (Å²) < 4.78 is 4.62. The molecule has 0 aliphatic carbocycles. The number of nitrogens with one attached hydrogen (secondary N) is 1. The number of carbonyl (C=O) groups excluding carboxylic acids is 1. The molecule has 1 fully saturated rings. The number of anilines is 1. The number of rotatable bonds is 5. The number of aromatic nitrogens is 1. The first-order valence-corrected chi connectivity index (χ1v) is 7.91. The predicted molar refractivity (Wildman–Crippen MR) is 75.7 cm³/mol. The molecule has 1 saturated heterocycles. The van der Waals surface area contributed by atoms with Gasteiger partial charge in [0, 0.05) is 43.1 Å². The van der Waals surface area contributed by atoms with E-state index in [1.807, 2.05) is 11.8 Å². The second-order valence-electron chi connectivity index (χ2n) is 3.91. The molecule has 0 amide bonds. The number of esters is 1. The first-order chi connectivity index (χ1) is 8.79. The zero-order valence-corrected chi connectivity index (χ0v) is 12.0. The largest absolute Gasteiger partial charge is 0.464 e. The van der Waals surface area contributed by atoms with Gasteiger partial charge < -0.3 is 10.1 Å². The van der Waals surface area contributed by atoms with Gasteiger partial charge in [-0.2, -0.15) is 11.8 Å². The molecule has 0 bridgehead atoms. The first kappa shape index (κ1) is 13.6. The second-order valence-corrected chi connectivity index (χ2v) is 5.99. The summed E-state index contributed by atoms with van der Waals surface area (Å²) in [6.07, 6.45) is 0.